The Morgan fingerprint density at radius 2 is 2.10 bits per heavy atom. The van der Waals surface area contributed by atoms with E-state index in [9.17, 15) is 9.18 Å². The van der Waals surface area contributed by atoms with Gasteiger partial charge in [-0.3, -0.25) is 0 Å². The van der Waals surface area contributed by atoms with Crippen molar-refractivity contribution in [2.24, 2.45) is 0 Å². The Kier molecular flexibility index (Phi) is 4.52. The fraction of sp³-hybridized carbons (Fsp3) is 0.562. The summed E-state index contributed by atoms with van der Waals surface area (Å²) in [6.45, 7) is 6.76. The van der Waals surface area contributed by atoms with Gasteiger partial charge in [-0.2, -0.15) is 0 Å². The summed E-state index contributed by atoms with van der Waals surface area (Å²) in [5.41, 5.74) is -0.218. The van der Waals surface area contributed by atoms with E-state index in [1.807, 2.05) is 26.8 Å². The maximum atomic E-state index is 14.0. The topological polar surface area (TPSA) is 50.4 Å². The molecule has 2 rings (SSSR count). The number of rotatable bonds is 4. The zero-order chi connectivity index (χ0) is 15.5. The maximum absolute atomic E-state index is 14.0. The summed E-state index contributed by atoms with van der Waals surface area (Å²) in [4.78, 5) is 11.6. The first-order chi connectivity index (χ1) is 9.82. The molecule has 1 saturated heterocycles. The molecule has 5 heteroatoms. The van der Waals surface area contributed by atoms with Crippen LogP contribution in [0.1, 0.15) is 39.2 Å². The molecule has 1 atom stereocenters. The Bertz CT molecular complexity index is 507. The largest absolute Gasteiger partial charge is 0.444 e. The molecule has 0 spiro atoms. The van der Waals surface area contributed by atoms with Gasteiger partial charge in [0.15, 0.2) is 0 Å². The van der Waals surface area contributed by atoms with Crippen LogP contribution in [-0.4, -0.2) is 24.8 Å². The lowest BCUT2D eigenvalue weighted by Crippen LogP contribution is -2.56. The number of benzene rings is 1. The molecule has 2 N–H and O–H groups in total. The molecule has 1 fully saturated rings. The van der Waals surface area contributed by atoms with Gasteiger partial charge < -0.3 is 15.4 Å². The van der Waals surface area contributed by atoms with Crippen molar-refractivity contribution in [2.75, 3.05) is 13.1 Å². The van der Waals surface area contributed by atoms with Gasteiger partial charge in [0.1, 0.15) is 11.4 Å². The SMILES string of the molecule is CC(C)(C)OC(=O)NCCC1(c2ccccc2F)CCN1. The summed E-state index contributed by atoms with van der Waals surface area (Å²) >= 11 is 0. The summed E-state index contributed by atoms with van der Waals surface area (Å²) in [5, 5.41) is 6.03. The second-order valence-electron chi connectivity index (χ2n) is 6.42. The van der Waals surface area contributed by atoms with Gasteiger partial charge in [-0.25, -0.2) is 9.18 Å². The van der Waals surface area contributed by atoms with Crippen LogP contribution in [0, 0.1) is 5.82 Å². The molecular formula is C16H23FN2O2. The second-order valence-corrected chi connectivity index (χ2v) is 6.42. The molecule has 1 unspecified atom stereocenters. The van der Waals surface area contributed by atoms with Crippen LogP contribution in [0.25, 0.3) is 0 Å². The fourth-order valence-corrected chi connectivity index (χ4v) is 2.55. The smallest absolute Gasteiger partial charge is 0.407 e. The highest BCUT2D eigenvalue weighted by Gasteiger charge is 2.39. The molecule has 0 bridgehead atoms. The Morgan fingerprint density at radius 1 is 1.43 bits per heavy atom. The second kappa shape index (κ2) is 6.02. The summed E-state index contributed by atoms with van der Waals surface area (Å²) < 4.78 is 19.2. The number of nitrogens with one attached hydrogen (secondary N) is 2. The quantitative estimate of drug-likeness (QED) is 0.897. The van der Waals surface area contributed by atoms with E-state index in [0.29, 0.717) is 18.5 Å². The molecule has 1 aliphatic heterocycles. The van der Waals surface area contributed by atoms with Gasteiger partial charge in [-0.15, -0.1) is 0 Å². The Labute approximate surface area is 125 Å². The van der Waals surface area contributed by atoms with Gasteiger partial charge in [0.05, 0.1) is 0 Å². The number of hydrogen-bond donors (Lipinski definition) is 2. The average molecular weight is 294 g/mol. The van der Waals surface area contributed by atoms with E-state index in [1.54, 1.807) is 12.1 Å². The predicted octanol–water partition coefficient (Wildman–Crippen LogP) is 2.93. The zero-order valence-electron chi connectivity index (χ0n) is 12.8. The van der Waals surface area contributed by atoms with E-state index >= 15 is 0 Å². The molecule has 0 radical (unpaired) electrons. The van der Waals surface area contributed by atoms with Crippen LogP contribution >= 0.6 is 0 Å². The van der Waals surface area contributed by atoms with Crippen molar-refractivity contribution in [3.05, 3.63) is 35.6 Å². The molecule has 21 heavy (non-hydrogen) atoms. The van der Waals surface area contributed by atoms with Gasteiger partial charge in [0.2, 0.25) is 0 Å². The first kappa shape index (κ1) is 15.8. The van der Waals surface area contributed by atoms with Crippen LogP contribution in [-0.2, 0) is 10.3 Å². The van der Waals surface area contributed by atoms with Crippen LogP contribution in [0.4, 0.5) is 9.18 Å². The normalized spacial score (nSPS) is 21.5. The monoisotopic (exact) mass is 294 g/mol. The number of hydrogen-bond acceptors (Lipinski definition) is 3. The number of alkyl carbamates (subject to hydrolysis) is 1. The van der Waals surface area contributed by atoms with Crippen LogP contribution in [0.5, 0.6) is 0 Å². The molecule has 0 aromatic heterocycles. The van der Waals surface area contributed by atoms with Crippen molar-refractivity contribution >= 4 is 6.09 Å². The highest BCUT2D eigenvalue weighted by Crippen LogP contribution is 2.35. The highest BCUT2D eigenvalue weighted by atomic mass is 19.1. The zero-order valence-corrected chi connectivity index (χ0v) is 12.8. The van der Waals surface area contributed by atoms with Crippen molar-refractivity contribution in [3.63, 3.8) is 0 Å². The number of ether oxygens (including phenoxy) is 1. The Morgan fingerprint density at radius 3 is 2.62 bits per heavy atom. The van der Waals surface area contributed by atoms with Crippen molar-refractivity contribution in [1.29, 1.82) is 0 Å². The van der Waals surface area contributed by atoms with E-state index < -0.39 is 11.7 Å². The molecule has 4 nitrogen and oxygen atoms in total. The standard InChI is InChI=1S/C16H23FN2O2/c1-15(2,3)21-14(20)18-10-8-16(9-11-19-16)12-6-4-5-7-13(12)17/h4-7,19H,8-11H2,1-3H3,(H,18,20). The van der Waals surface area contributed by atoms with Gasteiger partial charge in [0, 0.05) is 17.6 Å². The van der Waals surface area contributed by atoms with Crippen LogP contribution < -0.4 is 10.6 Å². The van der Waals surface area contributed by atoms with Crippen LogP contribution in [0.3, 0.4) is 0 Å². The van der Waals surface area contributed by atoms with Gasteiger partial charge >= 0.3 is 6.09 Å². The first-order valence-corrected chi connectivity index (χ1v) is 7.29. The molecule has 0 saturated carbocycles. The summed E-state index contributed by atoms with van der Waals surface area (Å²) in [5.74, 6) is -0.207. The highest BCUT2D eigenvalue weighted by molar-refractivity contribution is 5.67. The van der Waals surface area contributed by atoms with Crippen molar-refractivity contribution in [2.45, 2.75) is 44.8 Å². The predicted molar refractivity (Wildman–Crippen MR) is 79.6 cm³/mol. The third-order valence-electron chi connectivity index (χ3n) is 3.62. The fourth-order valence-electron chi connectivity index (χ4n) is 2.55. The first-order valence-electron chi connectivity index (χ1n) is 7.29. The minimum atomic E-state index is -0.512. The molecule has 1 aromatic carbocycles. The summed E-state index contributed by atoms with van der Waals surface area (Å²) in [6.07, 6.45) is 1.06. The minimum absolute atomic E-state index is 0.207. The minimum Gasteiger partial charge on any atom is -0.444 e. The lowest BCUT2D eigenvalue weighted by Gasteiger charge is -2.44. The lowest BCUT2D eigenvalue weighted by atomic mass is 9.78. The molecule has 0 aliphatic carbocycles. The number of halogens is 1. The third-order valence-corrected chi connectivity index (χ3v) is 3.62. The van der Waals surface area contributed by atoms with Gasteiger partial charge in [-0.1, -0.05) is 18.2 Å². The molecule has 1 amide bonds. The Balaban J connectivity index is 1.92. The van der Waals surface area contributed by atoms with Gasteiger partial charge in [-0.05, 0) is 46.2 Å². The van der Waals surface area contributed by atoms with E-state index in [2.05, 4.69) is 10.6 Å². The number of carbonyl (C=O) groups is 1. The molecule has 1 aliphatic rings. The van der Waals surface area contributed by atoms with E-state index in [4.69, 9.17) is 4.74 Å². The average Bonchev–Trinajstić information content (AvgIpc) is 2.31. The van der Waals surface area contributed by atoms with Crippen molar-refractivity contribution in [1.82, 2.24) is 10.6 Å². The van der Waals surface area contributed by atoms with Crippen LogP contribution in [0.2, 0.25) is 0 Å². The number of amides is 1. The molecule has 1 aromatic rings. The summed E-state index contributed by atoms with van der Waals surface area (Å²) in [7, 11) is 0. The molecular weight excluding hydrogens is 271 g/mol. The third kappa shape index (κ3) is 3.94. The van der Waals surface area contributed by atoms with E-state index in [0.717, 1.165) is 13.0 Å². The van der Waals surface area contributed by atoms with Gasteiger partial charge in [0.25, 0.3) is 0 Å². The van der Waals surface area contributed by atoms with Crippen LogP contribution in [0.15, 0.2) is 24.3 Å². The van der Waals surface area contributed by atoms with E-state index in [-0.39, 0.29) is 11.4 Å². The lowest BCUT2D eigenvalue weighted by molar-refractivity contribution is 0.0517. The molecule has 1 heterocycles. The molecule has 116 valence electrons. The van der Waals surface area contributed by atoms with E-state index in [1.165, 1.54) is 6.07 Å². The maximum Gasteiger partial charge on any atom is 0.407 e. The van der Waals surface area contributed by atoms with Crippen molar-refractivity contribution in [3.8, 4) is 0 Å². The van der Waals surface area contributed by atoms with Crippen molar-refractivity contribution < 1.29 is 13.9 Å². The summed E-state index contributed by atoms with van der Waals surface area (Å²) in [6, 6.07) is 6.79. The number of carbonyl (C=O) groups excluding carboxylic acids is 1. The Hall–Kier alpha value is -1.62.